The van der Waals surface area contributed by atoms with Crippen molar-refractivity contribution in [1.82, 2.24) is 5.32 Å². The Bertz CT molecular complexity index is 763. The van der Waals surface area contributed by atoms with E-state index < -0.39 is 5.82 Å². The van der Waals surface area contributed by atoms with Gasteiger partial charge in [-0.2, -0.15) is 0 Å². The monoisotopic (exact) mass is 388 g/mol. The van der Waals surface area contributed by atoms with Crippen molar-refractivity contribution in [2.45, 2.75) is 32.4 Å². The van der Waals surface area contributed by atoms with Crippen LogP contribution in [0.4, 0.5) is 4.39 Å². The van der Waals surface area contributed by atoms with Crippen LogP contribution in [0.3, 0.4) is 0 Å². The molecule has 0 saturated heterocycles. The number of benzene rings is 2. The zero-order valence-corrected chi connectivity index (χ0v) is 16.7. The minimum atomic E-state index is -0.407. The summed E-state index contributed by atoms with van der Waals surface area (Å²) in [5, 5.41) is 2.81. The van der Waals surface area contributed by atoms with Gasteiger partial charge >= 0.3 is 0 Å². The predicted octanol–water partition coefficient (Wildman–Crippen LogP) is 3.54. The van der Waals surface area contributed by atoms with Gasteiger partial charge in [0.1, 0.15) is 5.82 Å². The number of halogens is 1. The van der Waals surface area contributed by atoms with E-state index >= 15 is 0 Å². The number of carbonyl (C=O) groups is 1. The summed E-state index contributed by atoms with van der Waals surface area (Å²) in [7, 11) is 1.57. The van der Waals surface area contributed by atoms with Crippen molar-refractivity contribution in [2.24, 2.45) is 5.73 Å². The van der Waals surface area contributed by atoms with Crippen LogP contribution in [-0.2, 0) is 16.1 Å². The fourth-order valence-electron chi connectivity index (χ4n) is 2.70. The average Bonchev–Trinajstić information content (AvgIpc) is 2.70. The highest BCUT2D eigenvalue weighted by molar-refractivity contribution is 5.94. The summed E-state index contributed by atoms with van der Waals surface area (Å²) in [6.45, 7) is 5.42. The third-order valence-electron chi connectivity index (χ3n) is 4.51. The van der Waals surface area contributed by atoms with E-state index in [0.29, 0.717) is 30.3 Å². The third-order valence-corrected chi connectivity index (χ3v) is 4.51. The molecule has 0 aliphatic carbocycles. The molecule has 0 fully saturated rings. The molecule has 5 nitrogen and oxygen atoms in total. The number of carbonyl (C=O) groups excluding carboxylic acids is 1. The van der Waals surface area contributed by atoms with Gasteiger partial charge in [-0.3, -0.25) is 4.79 Å². The Kier molecular flexibility index (Phi) is 8.57. The van der Waals surface area contributed by atoms with Crippen molar-refractivity contribution in [1.29, 1.82) is 0 Å². The van der Waals surface area contributed by atoms with Crippen LogP contribution >= 0.6 is 0 Å². The van der Waals surface area contributed by atoms with Crippen molar-refractivity contribution < 1.29 is 18.7 Å². The predicted molar refractivity (Wildman–Crippen MR) is 108 cm³/mol. The molecule has 1 atom stereocenters. The van der Waals surface area contributed by atoms with E-state index in [1.807, 2.05) is 12.1 Å². The van der Waals surface area contributed by atoms with Gasteiger partial charge < -0.3 is 20.5 Å². The van der Waals surface area contributed by atoms with Crippen molar-refractivity contribution in [2.75, 3.05) is 26.9 Å². The maximum atomic E-state index is 13.9. The van der Waals surface area contributed by atoms with Gasteiger partial charge in [0.2, 0.25) is 0 Å². The summed E-state index contributed by atoms with van der Waals surface area (Å²) in [4.78, 5) is 12.4. The number of amides is 1. The van der Waals surface area contributed by atoms with Gasteiger partial charge in [0.05, 0.1) is 19.8 Å². The molecule has 3 N–H and O–H groups in total. The molecule has 0 aliphatic heterocycles. The van der Waals surface area contributed by atoms with Crippen LogP contribution in [0.1, 0.15) is 52.9 Å². The molecular weight excluding hydrogens is 359 g/mol. The van der Waals surface area contributed by atoms with Gasteiger partial charge in [-0.25, -0.2) is 4.39 Å². The van der Waals surface area contributed by atoms with Crippen LogP contribution in [-0.4, -0.2) is 32.8 Å². The normalized spacial score (nSPS) is 12.2. The summed E-state index contributed by atoms with van der Waals surface area (Å²) in [6, 6.07) is 12.0. The smallest absolute Gasteiger partial charge is 0.251 e. The second-order valence-corrected chi connectivity index (χ2v) is 6.99. The summed E-state index contributed by atoms with van der Waals surface area (Å²) in [6.07, 6.45) is 0. The molecular formula is C22H29FN2O3. The van der Waals surface area contributed by atoms with Gasteiger partial charge in [0.25, 0.3) is 5.91 Å². The largest absolute Gasteiger partial charge is 0.382 e. The summed E-state index contributed by atoms with van der Waals surface area (Å²) < 4.78 is 24.1. The molecule has 152 valence electrons. The average molecular weight is 388 g/mol. The van der Waals surface area contributed by atoms with E-state index in [2.05, 4.69) is 31.3 Å². The number of methoxy groups -OCH3 is 1. The minimum absolute atomic E-state index is 0.0814. The molecule has 0 saturated carbocycles. The Morgan fingerprint density at radius 1 is 1.11 bits per heavy atom. The molecule has 0 aromatic heterocycles. The molecule has 1 unspecified atom stereocenters. The number of ether oxygens (including phenoxy) is 2. The second kappa shape index (κ2) is 10.9. The Morgan fingerprint density at radius 2 is 1.79 bits per heavy atom. The maximum absolute atomic E-state index is 13.9. The lowest BCUT2D eigenvalue weighted by Gasteiger charge is -2.15. The lowest BCUT2D eigenvalue weighted by atomic mass is 9.99. The lowest BCUT2D eigenvalue weighted by molar-refractivity contribution is 0.0604. The van der Waals surface area contributed by atoms with Crippen LogP contribution in [0.15, 0.2) is 42.5 Å². The number of nitrogens with one attached hydrogen (secondary N) is 1. The Labute approximate surface area is 166 Å². The zero-order valence-electron chi connectivity index (χ0n) is 16.7. The van der Waals surface area contributed by atoms with Gasteiger partial charge in [-0.15, -0.1) is 0 Å². The highest BCUT2D eigenvalue weighted by Crippen LogP contribution is 2.18. The molecule has 2 aromatic carbocycles. The molecule has 2 aromatic rings. The first-order valence-electron chi connectivity index (χ1n) is 9.41. The third kappa shape index (κ3) is 6.41. The first-order chi connectivity index (χ1) is 13.4. The van der Waals surface area contributed by atoms with Crippen molar-refractivity contribution in [3.05, 3.63) is 70.5 Å². The molecule has 0 heterocycles. The standard InChI is InChI=1S/C22H29FN2O3/c1-15(2)16-4-6-17(7-5-16)21(24)13-25-22(26)18-8-9-20(23)19(12-18)14-28-11-10-27-3/h4-9,12,15,21H,10-11,13-14,24H2,1-3H3,(H,25,26). The first kappa shape index (κ1) is 22.0. The van der Waals surface area contributed by atoms with E-state index in [-0.39, 0.29) is 25.1 Å². The van der Waals surface area contributed by atoms with E-state index in [4.69, 9.17) is 15.2 Å². The summed E-state index contributed by atoms with van der Waals surface area (Å²) >= 11 is 0. The molecule has 0 spiro atoms. The van der Waals surface area contributed by atoms with E-state index in [9.17, 15) is 9.18 Å². The Hall–Kier alpha value is -2.28. The Balaban J connectivity index is 1.92. The first-order valence-corrected chi connectivity index (χ1v) is 9.41. The second-order valence-electron chi connectivity index (χ2n) is 6.99. The maximum Gasteiger partial charge on any atom is 0.251 e. The Morgan fingerprint density at radius 3 is 2.43 bits per heavy atom. The number of hydrogen-bond acceptors (Lipinski definition) is 4. The van der Waals surface area contributed by atoms with Crippen LogP contribution in [0.2, 0.25) is 0 Å². The molecule has 0 bridgehead atoms. The molecule has 2 rings (SSSR count). The minimum Gasteiger partial charge on any atom is -0.382 e. The molecule has 1 amide bonds. The van der Waals surface area contributed by atoms with Crippen LogP contribution in [0.25, 0.3) is 0 Å². The van der Waals surface area contributed by atoms with E-state index in [1.165, 1.54) is 23.8 Å². The summed E-state index contributed by atoms with van der Waals surface area (Å²) in [5.41, 5.74) is 9.09. The van der Waals surface area contributed by atoms with Gasteiger partial charge in [0, 0.05) is 30.8 Å². The van der Waals surface area contributed by atoms with Crippen molar-refractivity contribution in [3.63, 3.8) is 0 Å². The van der Waals surface area contributed by atoms with Crippen molar-refractivity contribution in [3.8, 4) is 0 Å². The lowest BCUT2D eigenvalue weighted by Crippen LogP contribution is -2.32. The number of rotatable bonds is 10. The highest BCUT2D eigenvalue weighted by Gasteiger charge is 2.13. The van der Waals surface area contributed by atoms with Crippen molar-refractivity contribution >= 4 is 5.91 Å². The van der Waals surface area contributed by atoms with Crippen LogP contribution in [0.5, 0.6) is 0 Å². The fraction of sp³-hybridized carbons (Fsp3) is 0.409. The summed E-state index contributed by atoms with van der Waals surface area (Å²) in [5.74, 6) is -0.251. The number of hydrogen-bond donors (Lipinski definition) is 2. The SMILES string of the molecule is COCCOCc1cc(C(=O)NCC(N)c2ccc(C(C)C)cc2)ccc1F. The number of nitrogens with two attached hydrogens (primary N) is 1. The van der Waals surface area contributed by atoms with Gasteiger partial charge in [-0.1, -0.05) is 38.1 Å². The molecule has 28 heavy (non-hydrogen) atoms. The fourth-order valence-corrected chi connectivity index (χ4v) is 2.70. The van der Waals surface area contributed by atoms with Gasteiger partial charge in [-0.05, 0) is 35.2 Å². The molecule has 0 radical (unpaired) electrons. The highest BCUT2D eigenvalue weighted by atomic mass is 19.1. The quantitative estimate of drug-likeness (QED) is 0.611. The topological polar surface area (TPSA) is 73.6 Å². The molecule has 6 heteroatoms. The zero-order chi connectivity index (χ0) is 20.5. The van der Waals surface area contributed by atoms with Gasteiger partial charge in [0.15, 0.2) is 0 Å². The van der Waals surface area contributed by atoms with Crippen LogP contribution in [0, 0.1) is 5.82 Å². The molecule has 0 aliphatic rings. The van der Waals surface area contributed by atoms with E-state index in [1.54, 1.807) is 7.11 Å². The van der Waals surface area contributed by atoms with E-state index in [0.717, 1.165) is 5.56 Å². The van der Waals surface area contributed by atoms with Crippen LogP contribution < -0.4 is 11.1 Å².